The van der Waals surface area contributed by atoms with Crippen molar-refractivity contribution in [3.63, 3.8) is 0 Å². The Hall–Kier alpha value is -3.38. The second-order valence-electron chi connectivity index (χ2n) is 7.00. The minimum atomic E-state index is -1.00. The summed E-state index contributed by atoms with van der Waals surface area (Å²) in [7, 11) is 0. The van der Waals surface area contributed by atoms with Crippen LogP contribution < -0.4 is 16.2 Å². The number of hydrogen-bond acceptors (Lipinski definition) is 6. The Morgan fingerprint density at radius 2 is 1.37 bits per heavy atom. The molecule has 160 valence electrons. The maximum atomic E-state index is 10.5. The standard InChI is InChI=1S/C22H24N2O4.C2H6/c1-22(24,13-12-14-2-6-16(25)7-3-14)28-19-11-10-18(21(27)20(19)23)15-4-8-17(26)9-5-15;1-2/h2-11,25-27H,12-13,23-24H2,1H3;1-2H3. The second-order valence-corrected chi connectivity index (χ2v) is 7.00. The Morgan fingerprint density at radius 3 is 1.93 bits per heavy atom. The van der Waals surface area contributed by atoms with E-state index < -0.39 is 5.72 Å². The molecule has 6 heteroatoms. The molecule has 0 aliphatic rings. The van der Waals surface area contributed by atoms with E-state index in [2.05, 4.69) is 0 Å². The van der Waals surface area contributed by atoms with Crippen LogP contribution in [0.1, 0.15) is 32.8 Å². The van der Waals surface area contributed by atoms with Gasteiger partial charge < -0.3 is 25.8 Å². The van der Waals surface area contributed by atoms with E-state index in [4.69, 9.17) is 16.2 Å². The topological polar surface area (TPSA) is 122 Å². The molecule has 30 heavy (non-hydrogen) atoms. The van der Waals surface area contributed by atoms with Crippen molar-refractivity contribution in [1.29, 1.82) is 0 Å². The van der Waals surface area contributed by atoms with Crippen LogP contribution in [-0.2, 0) is 6.42 Å². The van der Waals surface area contributed by atoms with Gasteiger partial charge in [0.25, 0.3) is 0 Å². The van der Waals surface area contributed by atoms with Gasteiger partial charge in [0.15, 0.2) is 5.72 Å². The smallest absolute Gasteiger partial charge is 0.156 e. The highest BCUT2D eigenvalue weighted by atomic mass is 16.5. The van der Waals surface area contributed by atoms with Crippen molar-refractivity contribution in [2.75, 3.05) is 5.73 Å². The van der Waals surface area contributed by atoms with E-state index in [-0.39, 0.29) is 22.9 Å². The lowest BCUT2D eigenvalue weighted by Crippen LogP contribution is -2.43. The molecule has 1 unspecified atom stereocenters. The Morgan fingerprint density at radius 1 is 0.833 bits per heavy atom. The van der Waals surface area contributed by atoms with Crippen molar-refractivity contribution in [2.45, 2.75) is 39.3 Å². The molecule has 0 saturated carbocycles. The first-order chi connectivity index (χ1) is 14.2. The summed E-state index contributed by atoms with van der Waals surface area (Å²) in [6.07, 6.45) is 1.17. The molecule has 0 spiro atoms. The van der Waals surface area contributed by atoms with Crippen LogP contribution in [0.5, 0.6) is 23.0 Å². The summed E-state index contributed by atoms with van der Waals surface area (Å²) in [6, 6.07) is 16.7. The van der Waals surface area contributed by atoms with Crippen LogP contribution in [0.3, 0.4) is 0 Å². The molecule has 6 nitrogen and oxygen atoms in total. The minimum absolute atomic E-state index is 0.0995. The number of rotatable bonds is 6. The zero-order chi connectivity index (χ0) is 22.3. The molecular weight excluding hydrogens is 380 g/mol. The van der Waals surface area contributed by atoms with Gasteiger partial charge in [-0.15, -0.1) is 0 Å². The van der Waals surface area contributed by atoms with Crippen LogP contribution in [0.4, 0.5) is 5.69 Å². The highest BCUT2D eigenvalue weighted by Gasteiger charge is 2.23. The molecule has 1 atom stereocenters. The number of phenols is 3. The Bertz CT molecular complexity index is 952. The summed E-state index contributed by atoms with van der Waals surface area (Å²) < 4.78 is 5.87. The molecular formula is C24H30N2O4. The fraction of sp³-hybridized carbons (Fsp3) is 0.250. The largest absolute Gasteiger partial charge is 0.508 e. The third kappa shape index (κ3) is 5.81. The van der Waals surface area contributed by atoms with E-state index in [1.807, 2.05) is 26.0 Å². The lowest BCUT2D eigenvalue weighted by molar-refractivity contribution is 0.0873. The number of nitrogens with two attached hydrogens (primary N) is 2. The minimum Gasteiger partial charge on any atom is -0.508 e. The molecule has 0 radical (unpaired) electrons. The van der Waals surface area contributed by atoms with Gasteiger partial charge in [-0.1, -0.05) is 38.1 Å². The van der Waals surface area contributed by atoms with E-state index in [0.717, 1.165) is 11.1 Å². The third-order valence-corrected chi connectivity index (χ3v) is 4.54. The second kappa shape index (κ2) is 9.89. The Balaban J connectivity index is 0.00000155. The highest BCUT2D eigenvalue weighted by molar-refractivity contribution is 5.80. The summed E-state index contributed by atoms with van der Waals surface area (Å²) in [6.45, 7) is 5.75. The van der Waals surface area contributed by atoms with Crippen molar-refractivity contribution in [3.8, 4) is 34.1 Å². The monoisotopic (exact) mass is 410 g/mol. The van der Waals surface area contributed by atoms with Gasteiger partial charge in [-0.3, -0.25) is 5.73 Å². The van der Waals surface area contributed by atoms with E-state index >= 15 is 0 Å². The zero-order valence-electron chi connectivity index (χ0n) is 17.6. The maximum Gasteiger partial charge on any atom is 0.156 e. The highest BCUT2D eigenvalue weighted by Crippen LogP contribution is 2.41. The number of ether oxygens (including phenoxy) is 1. The summed E-state index contributed by atoms with van der Waals surface area (Å²) in [4.78, 5) is 0. The number of hydrogen-bond donors (Lipinski definition) is 5. The molecule has 0 aromatic heterocycles. The molecule has 0 amide bonds. The molecule has 0 heterocycles. The van der Waals surface area contributed by atoms with Gasteiger partial charge in [0.2, 0.25) is 0 Å². The van der Waals surface area contributed by atoms with Crippen molar-refractivity contribution in [2.24, 2.45) is 5.73 Å². The molecule has 3 aromatic rings. The van der Waals surface area contributed by atoms with Crippen molar-refractivity contribution < 1.29 is 20.1 Å². The molecule has 0 bridgehead atoms. The van der Waals surface area contributed by atoms with Crippen LogP contribution in [-0.4, -0.2) is 21.0 Å². The first-order valence-electron chi connectivity index (χ1n) is 9.92. The first kappa shape index (κ1) is 22.9. The molecule has 0 aliphatic carbocycles. The average Bonchev–Trinajstić information content (AvgIpc) is 2.73. The SMILES string of the molecule is CC.CC(N)(CCc1ccc(O)cc1)Oc1ccc(-c2ccc(O)cc2)c(O)c1N. The Kier molecular flexibility index (Phi) is 7.55. The van der Waals surface area contributed by atoms with Gasteiger partial charge in [-0.25, -0.2) is 0 Å². The molecule has 0 saturated heterocycles. The normalized spacial score (nSPS) is 12.4. The zero-order valence-corrected chi connectivity index (χ0v) is 17.6. The van der Waals surface area contributed by atoms with Crippen molar-refractivity contribution in [3.05, 3.63) is 66.2 Å². The van der Waals surface area contributed by atoms with Gasteiger partial charge in [-0.2, -0.15) is 0 Å². The van der Waals surface area contributed by atoms with Crippen LogP contribution in [0.2, 0.25) is 0 Å². The van der Waals surface area contributed by atoms with Gasteiger partial charge in [0.05, 0.1) is 0 Å². The van der Waals surface area contributed by atoms with Crippen molar-refractivity contribution in [1.82, 2.24) is 0 Å². The van der Waals surface area contributed by atoms with Gasteiger partial charge in [-0.05, 0) is 60.9 Å². The number of benzene rings is 3. The molecule has 3 aromatic carbocycles. The number of nitrogen functional groups attached to an aromatic ring is 1. The van der Waals surface area contributed by atoms with Crippen LogP contribution >= 0.6 is 0 Å². The van der Waals surface area contributed by atoms with Gasteiger partial charge in [0, 0.05) is 12.0 Å². The molecule has 7 N–H and O–H groups in total. The summed E-state index contributed by atoms with van der Waals surface area (Å²) in [5.41, 5.74) is 13.7. The quantitative estimate of drug-likeness (QED) is 0.227. The summed E-state index contributed by atoms with van der Waals surface area (Å²) in [5, 5.41) is 29.3. The van der Waals surface area contributed by atoms with E-state index in [9.17, 15) is 15.3 Å². The molecule has 0 aliphatic heterocycles. The number of phenolic OH excluding ortho intramolecular Hbond substituents is 3. The van der Waals surface area contributed by atoms with Crippen LogP contribution in [0.25, 0.3) is 11.1 Å². The predicted octanol–water partition coefficient (Wildman–Crippen LogP) is 4.77. The van der Waals surface area contributed by atoms with E-state index in [1.54, 1.807) is 43.3 Å². The first-order valence-corrected chi connectivity index (χ1v) is 9.92. The van der Waals surface area contributed by atoms with Crippen LogP contribution in [0.15, 0.2) is 60.7 Å². The number of anilines is 1. The van der Waals surface area contributed by atoms with Gasteiger partial charge >= 0.3 is 0 Å². The Labute approximate surface area is 177 Å². The predicted molar refractivity (Wildman–Crippen MR) is 121 cm³/mol. The fourth-order valence-electron chi connectivity index (χ4n) is 2.91. The third-order valence-electron chi connectivity index (χ3n) is 4.54. The lowest BCUT2D eigenvalue weighted by atomic mass is 10.0. The molecule has 0 fully saturated rings. The summed E-state index contributed by atoms with van der Waals surface area (Å²) in [5.74, 6) is 0.560. The fourth-order valence-corrected chi connectivity index (χ4v) is 2.91. The van der Waals surface area contributed by atoms with Crippen LogP contribution in [0, 0.1) is 0 Å². The lowest BCUT2D eigenvalue weighted by Gasteiger charge is -2.27. The number of aromatic hydroxyl groups is 3. The van der Waals surface area contributed by atoms with Crippen molar-refractivity contribution >= 4 is 5.69 Å². The molecule has 3 rings (SSSR count). The number of aryl methyl sites for hydroxylation is 1. The van der Waals surface area contributed by atoms with E-state index in [0.29, 0.717) is 24.2 Å². The van der Waals surface area contributed by atoms with E-state index in [1.165, 1.54) is 12.1 Å². The average molecular weight is 411 g/mol. The summed E-state index contributed by atoms with van der Waals surface area (Å²) >= 11 is 0. The van der Waals surface area contributed by atoms with Gasteiger partial charge in [0.1, 0.15) is 28.7 Å². The maximum absolute atomic E-state index is 10.5.